The number of piperidine rings is 2. The van der Waals surface area contributed by atoms with Crippen molar-refractivity contribution in [3.05, 3.63) is 118 Å². The minimum absolute atomic E-state index is 0.623. The van der Waals surface area contributed by atoms with Crippen molar-refractivity contribution in [3.8, 4) is 11.5 Å². The van der Waals surface area contributed by atoms with Gasteiger partial charge in [-0.3, -0.25) is 9.80 Å². The summed E-state index contributed by atoms with van der Waals surface area (Å²) < 4.78 is 16.9. The zero-order chi connectivity index (χ0) is 40.3. The van der Waals surface area contributed by atoms with Crippen molar-refractivity contribution in [3.63, 3.8) is 0 Å². The highest BCUT2D eigenvalue weighted by atomic mass is 16.5. The Balaban J connectivity index is 0.000000178. The molecule has 0 spiro atoms. The lowest BCUT2D eigenvalue weighted by molar-refractivity contribution is 0.211. The summed E-state index contributed by atoms with van der Waals surface area (Å²) >= 11 is 0. The molecule has 2 aliphatic heterocycles. The second-order valence-corrected chi connectivity index (χ2v) is 16.6. The maximum Gasteiger partial charge on any atom is 0.125 e. The number of imidazole rings is 2. The number of benzene rings is 4. The van der Waals surface area contributed by atoms with E-state index in [-0.39, 0.29) is 0 Å². The van der Waals surface area contributed by atoms with Crippen LogP contribution in [0.25, 0.3) is 22.1 Å². The fraction of sp³-hybridized carbons (Fsp3) is 0.480. The highest BCUT2D eigenvalue weighted by Gasteiger charge is 2.19. The third-order valence-electron chi connectivity index (χ3n) is 12.1. The predicted octanol–water partition coefficient (Wildman–Crippen LogP) is 10.8. The number of ether oxygens (including phenoxy) is 2. The molecule has 2 aliphatic rings. The Labute approximate surface area is 347 Å². The fourth-order valence-electron chi connectivity index (χ4n) is 8.89. The van der Waals surface area contributed by atoms with E-state index < -0.39 is 0 Å². The van der Waals surface area contributed by atoms with E-state index in [1.807, 2.05) is 0 Å². The summed E-state index contributed by atoms with van der Waals surface area (Å²) in [5.74, 6) is 4.25. The number of aromatic nitrogens is 4. The van der Waals surface area contributed by atoms with Crippen LogP contribution >= 0.6 is 0 Å². The summed E-state index contributed by atoms with van der Waals surface area (Å²) in [6.07, 6.45) is 11.2. The minimum atomic E-state index is 0.623. The molecule has 0 unspecified atom stereocenters. The van der Waals surface area contributed by atoms with Crippen LogP contribution < -0.4 is 9.47 Å². The van der Waals surface area contributed by atoms with Crippen molar-refractivity contribution in [1.82, 2.24) is 28.9 Å². The highest BCUT2D eigenvalue weighted by Crippen LogP contribution is 2.26. The van der Waals surface area contributed by atoms with Crippen molar-refractivity contribution in [2.24, 2.45) is 0 Å². The van der Waals surface area contributed by atoms with Crippen LogP contribution in [0.3, 0.4) is 0 Å². The quantitative estimate of drug-likeness (QED) is 0.103. The first-order valence-corrected chi connectivity index (χ1v) is 22.1. The van der Waals surface area contributed by atoms with Gasteiger partial charge in [0.05, 0.1) is 48.3 Å². The molecule has 8 heteroatoms. The van der Waals surface area contributed by atoms with E-state index in [0.29, 0.717) is 6.61 Å². The number of hydrogen-bond acceptors (Lipinski definition) is 6. The minimum Gasteiger partial charge on any atom is -0.494 e. The van der Waals surface area contributed by atoms with E-state index in [2.05, 4.69) is 132 Å². The fourth-order valence-corrected chi connectivity index (χ4v) is 8.89. The first-order valence-electron chi connectivity index (χ1n) is 22.1. The number of rotatable bonds is 15. The molecule has 0 aliphatic carbocycles. The van der Waals surface area contributed by atoms with Gasteiger partial charge in [-0.05, 0) is 151 Å². The molecule has 8 rings (SSSR count). The van der Waals surface area contributed by atoms with Crippen molar-refractivity contribution in [1.29, 1.82) is 0 Å². The van der Waals surface area contributed by atoms with Gasteiger partial charge in [-0.1, -0.05) is 68.3 Å². The summed E-state index contributed by atoms with van der Waals surface area (Å²) in [7, 11) is 0. The van der Waals surface area contributed by atoms with E-state index in [0.717, 1.165) is 99.0 Å². The molecular formula is C50H66N6O2. The summed E-state index contributed by atoms with van der Waals surface area (Å²) in [5.41, 5.74) is 11.3. The van der Waals surface area contributed by atoms with E-state index in [1.54, 1.807) is 0 Å². The number of para-hydroxylation sites is 3. The standard InChI is InChI=1S/C26H35N3O2.C24H31N3/c1-4-16-30-22-11-12-24-23(18-22)27-25(19-28-13-6-5-7-14-28)29(24)15-17-31-26-20(2)9-8-10-21(26)3;1-19-10-8-11-20(2)21(19)12-9-17-27-23-14-5-4-13-22(23)25-24(27)18-26-15-6-3-7-16-26/h8-12,18H,4-7,13-17,19H2,1-3H3;4-5,8,10-11,13-14H,3,6-7,9,12,15-18H2,1-2H3. The SMILES string of the molecule is CCCOc1ccc2c(c1)nc(CN1CCCCC1)n2CCOc1c(C)cccc1C.Cc1cccc(C)c1CCCn1c(CN2CCCCC2)nc2ccccc21. The molecule has 58 heavy (non-hydrogen) atoms. The molecule has 0 amide bonds. The lowest BCUT2D eigenvalue weighted by Crippen LogP contribution is -2.30. The van der Waals surface area contributed by atoms with Crippen LogP contribution in [0.2, 0.25) is 0 Å². The Bertz CT molecular complexity index is 2180. The topological polar surface area (TPSA) is 60.6 Å². The molecule has 0 bridgehead atoms. The monoisotopic (exact) mass is 783 g/mol. The van der Waals surface area contributed by atoms with Gasteiger partial charge in [-0.15, -0.1) is 0 Å². The van der Waals surface area contributed by atoms with Crippen LogP contribution in [0.15, 0.2) is 78.9 Å². The van der Waals surface area contributed by atoms with Gasteiger partial charge in [0.25, 0.3) is 0 Å². The first-order chi connectivity index (χ1) is 28.4. The van der Waals surface area contributed by atoms with Crippen LogP contribution in [0.1, 0.15) is 97.8 Å². The summed E-state index contributed by atoms with van der Waals surface area (Å²) in [6, 6.07) is 27.8. The van der Waals surface area contributed by atoms with Gasteiger partial charge in [-0.25, -0.2) is 9.97 Å². The third-order valence-corrected chi connectivity index (χ3v) is 12.1. The second kappa shape index (κ2) is 20.3. The molecule has 4 aromatic carbocycles. The molecule has 2 saturated heterocycles. The zero-order valence-electron chi connectivity index (χ0n) is 35.9. The number of likely N-dealkylation sites (tertiary alicyclic amines) is 2. The van der Waals surface area contributed by atoms with Gasteiger partial charge >= 0.3 is 0 Å². The molecule has 0 N–H and O–H groups in total. The first kappa shape index (κ1) is 41.5. The average Bonchev–Trinajstić information content (AvgIpc) is 3.76. The van der Waals surface area contributed by atoms with Gasteiger partial charge in [0.2, 0.25) is 0 Å². The zero-order valence-corrected chi connectivity index (χ0v) is 35.9. The number of aryl methyl sites for hydroxylation is 5. The molecule has 6 aromatic rings. The number of fused-ring (bicyclic) bond motifs is 2. The van der Waals surface area contributed by atoms with Crippen molar-refractivity contribution >= 4 is 22.1 Å². The van der Waals surface area contributed by atoms with Crippen molar-refractivity contribution in [2.45, 2.75) is 119 Å². The molecule has 0 atom stereocenters. The van der Waals surface area contributed by atoms with Crippen LogP contribution in [0.5, 0.6) is 11.5 Å². The molecule has 0 radical (unpaired) electrons. The van der Waals surface area contributed by atoms with Crippen molar-refractivity contribution in [2.75, 3.05) is 39.4 Å². The van der Waals surface area contributed by atoms with Crippen molar-refractivity contribution < 1.29 is 9.47 Å². The molecule has 0 saturated carbocycles. The smallest absolute Gasteiger partial charge is 0.125 e. The van der Waals surface area contributed by atoms with Gasteiger partial charge < -0.3 is 18.6 Å². The molecule has 308 valence electrons. The van der Waals surface area contributed by atoms with Gasteiger partial charge in [0, 0.05) is 12.6 Å². The second-order valence-electron chi connectivity index (χ2n) is 16.6. The van der Waals surface area contributed by atoms with Gasteiger partial charge in [0.15, 0.2) is 0 Å². The van der Waals surface area contributed by atoms with E-state index >= 15 is 0 Å². The lowest BCUT2D eigenvalue weighted by Gasteiger charge is -2.26. The average molecular weight is 783 g/mol. The summed E-state index contributed by atoms with van der Waals surface area (Å²) in [4.78, 5) is 15.1. The predicted molar refractivity (Wildman–Crippen MR) is 239 cm³/mol. The Kier molecular flexibility index (Phi) is 14.6. The highest BCUT2D eigenvalue weighted by molar-refractivity contribution is 5.78. The largest absolute Gasteiger partial charge is 0.494 e. The maximum atomic E-state index is 6.22. The molecule has 2 fully saturated rings. The van der Waals surface area contributed by atoms with E-state index in [4.69, 9.17) is 19.4 Å². The Morgan fingerprint density at radius 1 is 0.552 bits per heavy atom. The van der Waals surface area contributed by atoms with Crippen LogP contribution in [0, 0.1) is 27.7 Å². The number of nitrogens with zero attached hydrogens (tertiary/aromatic N) is 6. The molecule has 2 aromatic heterocycles. The van der Waals surface area contributed by atoms with Gasteiger partial charge in [-0.2, -0.15) is 0 Å². The Hall–Kier alpha value is -4.66. The number of hydrogen-bond donors (Lipinski definition) is 0. The Morgan fingerprint density at radius 3 is 1.76 bits per heavy atom. The normalized spacial score (nSPS) is 15.1. The maximum absolute atomic E-state index is 6.22. The van der Waals surface area contributed by atoms with E-state index in [1.165, 1.54) is 90.8 Å². The third kappa shape index (κ3) is 10.5. The van der Waals surface area contributed by atoms with E-state index in [9.17, 15) is 0 Å². The summed E-state index contributed by atoms with van der Waals surface area (Å²) in [6.45, 7) is 20.6. The lowest BCUT2D eigenvalue weighted by atomic mass is 9.99. The molecule has 8 nitrogen and oxygen atoms in total. The molecular weight excluding hydrogens is 717 g/mol. The van der Waals surface area contributed by atoms with Crippen LogP contribution in [-0.2, 0) is 32.6 Å². The van der Waals surface area contributed by atoms with Crippen LogP contribution in [-0.4, -0.2) is 68.3 Å². The van der Waals surface area contributed by atoms with Gasteiger partial charge in [0.1, 0.15) is 29.8 Å². The Morgan fingerprint density at radius 2 is 1.12 bits per heavy atom. The van der Waals surface area contributed by atoms with Crippen LogP contribution in [0.4, 0.5) is 0 Å². The summed E-state index contributed by atoms with van der Waals surface area (Å²) in [5, 5.41) is 0. The molecule has 4 heterocycles.